The van der Waals surface area contributed by atoms with Crippen molar-refractivity contribution in [1.29, 1.82) is 0 Å². The van der Waals surface area contributed by atoms with Gasteiger partial charge in [-0.25, -0.2) is 0 Å². The molecular weight excluding hydrogens is 224 g/mol. The summed E-state index contributed by atoms with van der Waals surface area (Å²) in [5.74, 6) is 2.42. The fraction of sp³-hybridized carbons (Fsp3) is 1.00. The Balaban J connectivity index is 0.000000492. The lowest BCUT2D eigenvalue weighted by Gasteiger charge is -2.53. The van der Waals surface area contributed by atoms with Crippen LogP contribution in [0.1, 0.15) is 66.7 Å². The van der Waals surface area contributed by atoms with Crippen molar-refractivity contribution in [2.24, 2.45) is 23.2 Å². The van der Waals surface area contributed by atoms with Crippen LogP contribution in [-0.4, -0.2) is 22.4 Å². The molecule has 108 valence electrons. The van der Waals surface area contributed by atoms with Crippen LogP contribution in [-0.2, 0) is 0 Å². The minimum atomic E-state index is -0.386. The van der Waals surface area contributed by atoms with E-state index in [2.05, 4.69) is 20.8 Å². The van der Waals surface area contributed by atoms with Gasteiger partial charge in [-0.1, -0.05) is 20.8 Å². The maximum absolute atomic E-state index is 10.2. The van der Waals surface area contributed by atoms with Crippen molar-refractivity contribution in [2.75, 3.05) is 6.61 Å². The molecule has 0 spiro atoms. The number of hydrogen-bond donors (Lipinski definition) is 2. The fourth-order valence-corrected chi connectivity index (χ4v) is 4.00. The van der Waals surface area contributed by atoms with Crippen molar-refractivity contribution in [1.82, 2.24) is 0 Å². The SMILES string of the molecule is CC1CCC(C)(C)C2CCC(C)(O)CC12.CCO. The van der Waals surface area contributed by atoms with Crippen LogP contribution in [0.25, 0.3) is 0 Å². The smallest absolute Gasteiger partial charge is 0.0622 e. The Labute approximate surface area is 113 Å². The van der Waals surface area contributed by atoms with Gasteiger partial charge < -0.3 is 10.2 Å². The number of aliphatic hydroxyl groups is 2. The Hall–Kier alpha value is -0.0800. The normalized spacial score (nSPS) is 42.5. The molecule has 2 aliphatic rings. The zero-order valence-corrected chi connectivity index (χ0v) is 12.9. The van der Waals surface area contributed by atoms with Gasteiger partial charge in [-0.2, -0.15) is 0 Å². The molecular formula is C16H32O2. The van der Waals surface area contributed by atoms with Crippen LogP contribution in [0.5, 0.6) is 0 Å². The number of hydrogen-bond acceptors (Lipinski definition) is 2. The highest BCUT2D eigenvalue weighted by atomic mass is 16.3. The molecule has 0 aromatic carbocycles. The van der Waals surface area contributed by atoms with Crippen LogP contribution in [0.4, 0.5) is 0 Å². The predicted octanol–water partition coefficient (Wildman–Crippen LogP) is 3.61. The second kappa shape index (κ2) is 5.92. The number of aliphatic hydroxyl groups excluding tert-OH is 1. The zero-order chi connectivity index (χ0) is 14.0. The molecule has 0 aromatic rings. The lowest BCUT2D eigenvalue weighted by molar-refractivity contribution is -0.0840. The Morgan fingerprint density at radius 2 is 1.67 bits per heavy atom. The number of fused-ring (bicyclic) bond motifs is 1. The third kappa shape index (κ3) is 3.71. The molecule has 0 radical (unpaired) electrons. The first kappa shape index (κ1) is 16.0. The topological polar surface area (TPSA) is 40.5 Å². The van der Waals surface area contributed by atoms with E-state index in [1.807, 2.05) is 6.92 Å². The first-order valence-corrected chi connectivity index (χ1v) is 7.57. The molecule has 2 nitrogen and oxygen atoms in total. The fourth-order valence-electron chi connectivity index (χ4n) is 4.00. The van der Waals surface area contributed by atoms with Gasteiger partial charge in [-0.15, -0.1) is 0 Å². The predicted molar refractivity (Wildman–Crippen MR) is 76.4 cm³/mol. The van der Waals surface area contributed by atoms with E-state index in [9.17, 15) is 5.11 Å². The Morgan fingerprint density at radius 1 is 1.11 bits per heavy atom. The van der Waals surface area contributed by atoms with E-state index in [-0.39, 0.29) is 12.2 Å². The lowest BCUT2D eigenvalue weighted by atomic mass is 9.54. The van der Waals surface area contributed by atoms with Crippen molar-refractivity contribution in [2.45, 2.75) is 72.3 Å². The van der Waals surface area contributed by atoms with Gasteiger partial charge >= 0.3 is 0 Å². The third-order valence-electron chi connectivity index (χ3n) is 5.16. The quantitative estimate of drug-likeness (QED) is 0.695. The van der Waals surface area contributed by atoms with Crippen molar-refractivity contribution in [3.8, 4) is 0 Å². The summed E-state index contributed by atoms with van der Waals surface area (Å²) in [5.41, 5.74) is 0.122. The molecule has 18 heavy (non-hydrogen) atoms. The van der Waals surface area contributed by atoms with Crippen molar-refractivity contribution >= 4 is 0 Å². The van der Waals surface area contributed by atoms with Crippen LogP contribution >= 0.6 is 0 Å². The number of rotatable bonds is 0. The van der Waals surface area contributed by atoms with Gasteiger partial charge in [-0.05, 0) is 69.1 Å². The summed E-state index contributed by atoms with van der Waals surface area (Å²) >= 11 is 0. The molecule has 2 N–H and O–H groups in total. The van der Waals surface area contributed by atoms with E-state index in [4.69, 9.17) is 5.11 Å². The molecule has 2 heteroatoms. The van der Waals surface area contributed by atoms with Crippen molar-refractivity contribution in [3.63, 3.8) is 0 Å². The van der Waals surface area contributed by atoms with Crippen LogP contribution in [0, 0.1) is 23.2 Å². The highest BCUT2D eigenvalue weighted by Gasteiger charge is 2.47. The molecule has 4 atom stereocenters. The molecule has 2 rings (SSSR count). The van der Waals surface area contributed by atoms with Crippen LogP contribution in [0.15, 0.2) is 0 Å². The van der Waals surface area contributed by atoms with E-state index in [1.54, 1.807) is 6.92 Å². The average Bonchev–Trinajstić information content (AvgIpc) is 2.24. The maximum atomic E-state index is 10.2. The van der Waals surface area contributed by atoms with E-state index in [1.165, 1.54) is 19.3 Å². The summed E-state index contributed by atoms with van der Waals surface area (Å²) < 4.78 is 0. The molecule has 2 aliphatic carbocycles. The summed E-state index contributed by atoms with van der Waals surface area (Å²) in [5, 5.41) is 17.8. The second-order valence-electron chi connectivity index (χ2n) is 7.33. The van der Waals surface area contributed by atoms with E-state index < -0.39 is 0 Å². The molecule has 0 heterocycles. The minimum absolute atomic E-state index is 0.250. The molecule has 0 amide bonds. The van der Waals surface area contributed by atoms with Gasteiger partial charge in [-0.3, -0.25) is 0 Å². The van der Waals surface area contributed by atoms with Gasteiger partial charge in [0.25, 0.3) is 0 Å². The van der Waals surface area contributed by atoms with E-state index >= 15 is 0 Å². The van der Waals surface area contributed by atoms with Crippen LogP contribution < -0.4 is 0 Å². The van der Waals surface area contributed by atoms with Gasteiger partial charge in [0.05, 0.1) is 5.60 Å². The van der Waals surface area contributed by atoms with Crippen molar-refractivity contribution < 1.29 is 10.2 Å². The molecule has 2 fully saturated rings. The standard InChI is InChI=1S/C14H26O.C2H6O/c1-10-5-7-13(2,3)12-6-8-14(4,15)9-11(10)12;1-2-3/h10-12,15H,5-9H2,1-4H3;3H,2H2,1H3. The Bertz CT molecular complexity index is 258. The zero-order valence-electron chi connectivity index (χ0n) is 12.9. The highest BCUT2D eigenvalue weighted by molar-refractivity contribution is 4.98. The first-order chi connectivity index (χ1) is 8.23. The summed E-state index contributed by atoms with van der Waals surface area (Å²) in [4.78, 5) is 0. The monoisotopic (exact) mass is 256 g/mol. The van der Waals surface area contributed by atoms with Crippen LogP contribution in [0.2, 0.25) is 0 Å². The van der Waals surface area contributed by atoms with Gasteiger partial charge in [0, 0.05) is 6.61 Å². The Morgan fingerprint density at radius 3 is 2.22 bits per heavy atom. The van der Waals surface area contributed by atoms with Gasteiger partial charge in [0.15, 0.2) is 0 Å². The molecule has 0 saturated heterocycles. The first-order valence-electron chi connectivity index (χ1n) is 7.57. The molecule has 0 aromatic heterocycles. The molecule has 4 unspecified atom stereocenters. The molecule has 0 aliphatic heterocycles. The summed E-state index contributed by atoms with van der Waals surface area (Å²) in [6.07, 6.45) is 5.99. The molecule has 2 saturated carbocycles. The Kier molecular flexibility index (Phi) is 5.25. The highest BCUT2D eigenvalue weighted by Crippen LogP contribution is 2.54. The maximum Gasteiger partial charge on any atom is 0.0622 e. The molecule has 0 bridgehead atoms. The second-order valence-corrected chi connectivity index (χ2v) is 7.33. The van der Waals surface area contributed by atoms with E-state index in [0.717, 1.165) is 30.6 Å². The van der Waals surface area contributed by atoms with E-state index in [0.29, 0.717) is 5.41 Å². The summed E-state index contributed by atoms with van der Waals surface area (Å²) in [6.45, 7) is 11.2. The van der Waals surface area contributed by atoms with Crippen molar-refractivity contribution in [3.05, 3.63) is 0 Å². The third-order valence-corrected chi connectivity index (χ3v) is 5.16. The average molecular weight is 256 g/mol. The minimum Gasteiger partial charge on any atom is -0.397 e. The lowest BCUT2D eigenvalue weighted by Crippen LogP contribution is -2.47. The van der Waals surface area contributed by atoms with Gasteiger partial charge in [0.1, 0.15) is 0 Å². The summed E-state index contributed by atoms with van der Waals surface area (Å²) in [6, 6.07) is 0. The van der Waals surface area contributed by atoms with Crippen LogP contribution in [0.3, 0.4) is 0 Å². The summed E-state index contributed by atoms with van der Waals surface area (Å²) in [7, 11) is 0. The van der Waals surface area contributed by atoms with Gasteiger partial charge in [0.2, 0.25) is 0 Å². The largest absolute Gasteiger partial charge is 0.397 e.